The maximum atomic E-state index is 10.8. The molecule has 1 rings (SSSR count). The van der Waals surface area contributed by atoms with E-state index in [0.717, 1.165) is 18.5 Å². The Balaban J connectivity index is 2.48. The van der Waals surface area contributed by atoms with Crippen LogP contribution in [0.25, 0.3) is 0 Å². The van der Waals surface area contributed by atoms with Crippen LogP contribution in [0.15, 0.2) is 0 Å². The molecule has 0 spiro atoms. The van der Waals surface area contributed by atoms with Crippen LogP contribution in [-0.4, -0.2) is 23.1 Å². The second-order valence-corrected chi connectivity index (χ2v) is 3.25. The minimum absolute atomic E-state index is 0.0984. The van der Waals surface area contributed by atoms with Crippen molar-refractivity contribution in [2.45, 2.75) is 18.1 Å². The molecule has 0 amide bonds. The van der Waals surface area contributed by atoms with Crippen LogP contribution in [0.5, 0.6) is 0 Å². The first-order valence-corrected chi connectivity index (χ1v) is 3.99. The van der Waals surface area contributed by atoms with E-state index in [1.165, 1.54) is 11.8 Å². The molecule has 2 nitrogen and oxygen atoms in total. The van der Waals surface area contributed by atoms with Gasteiger partial charge in [0.05, 0.1) is 0 Å². The third-order valence-electron chi connectivity index (χ3n) is 1.31. The van der Waals surface area contributed by atoms with Gasteiger partial charge in [0.1, 0.15) is 11.5 Å². The molecule has 1 fully saturated rings. The third-order valence-corrected chi connectivity index (χ3v) is 2.56. The molecule has 1 heterocycles. The number of aldehydes is 1. The fourth-order valence-corrected chi connectivity index (χ4v) is 1.75. The van der Waals surface area contributed by atoms with Crippen molar-refractivity contribution in [2.24, 2.45) is 0 Å². The fourth-order valence-electron chi connectivity index (χ4n) is 0.807. The Hall–Kier alpha value is -0.310. The van der Waals surface area contributed by atoms with Crippen molar-refractivity contribution in [3.8, 4) is 0 Å². The van der Waals surface area contributed by atoms with Gasteiger partial charge in [0.15, 0.2) is 5.78 Å². The number of hydrogen-bond acceptors (Lipinski definition) is 3. The smallest absolute Gasteiger partial charge is 0.153 e. The molecule has 0 bridgehead atoms. The molecule has 1 aliphatic heterocycles. The van der Waals surface area contributed by atoms with E-state index in [1.807, 2.05) is 0 Å². The number of carbonyl (C=O) groups is 2. The Kier molecular flexibility index (Phi) is 2.28. The molecule has 0 aromatic carbocycles. The highest BCUT2D eigenvalue weighted by Crippen LogP contribution is 2.19. The van der Waals surface area contributed by atoms with Gasteiger partial charge in [-0.3, -0.25) is 4.79 Å². The average Bonchev–Trinajstić information content (AvgIpc) is 1.89. The van der Waals surface area contributed by atoms with Gasteiger partial charge in [-0.05, 0) is 12.2 Å². The van der Waals surface area contributed by atoms with Gasteiger partial charge in [-0.15, -0.1) is 11.8 Å². The second kappa shape index (κ2) is 3.01. The van der Waals surface area contributed by atoms with Crippen LogP contribution in [0, 0.1) is 0 Å². The predicted molar refractivity (Wildman–Crippen MR) is 36.6 cm³/mol. The Morgan fingerprint density at radius 3 is 2.89 bits per heavy atom. The third kappa shape index (κ3) is 1.55. The van der Waals surface area contributed by atoms with Crippen LogP contribution in [0.2, 0.25) is 0 Å². The van der Waals surface area contributed by atoms with Gasteiger partial charge in [-0.1, -0.05) is 0 Å². The van der Waals surface area contributed by atoms with Gasteiger partial charge in [-0.2, -0.15) is 0 Å². The molecular weight excluding hydrogens is 136 g/mol. The Labute approximate surface area is 58.0 Å². The van der Waals surface area contributed by atoms with Crippen LogP contribution < -0.4 is 0 Å². The first-order valence-electron chi connectivity index (χ1n) is 2.94. The van der Waals surface area contributed by atoms with E-state index >= 15 is 0 Å². The second-order valence-electron chi connectivity index (χ2n) is 2.00. The van der Waals surface area contributed by atoms with Crippen LogP contribution in [0.3, 0.4) is 0 Å². The molecule has 0 aromatic rings. The number of thioether (sulfide) groups is 1. The van der Waals surface area contributed by atoms with E-state index < -0.39 is 0 Å². The summed E-state index contributed by atoms with van der Waals surface area (Å²) in [4.78, 5) is 20.9. The number of Topliss-reactive ketones (excluding diaryl/α,β-unsaturated/α-hetero) is 1. The van der Waals surface area contributed by atoms with Crippen molar-refractivity contribution in [3.05, 3.63) is 0 Å². The van der Waals surface area contributed by atoms with Crippen molar-refractivity contribution < 1.29 is 9.59 Å². The standard InChI is InChI=1S/C6H8O2S/c7-4-6-5(8)2-1-3-9-6/h4,6H,1-3H2. The van der Waals surface area contributed by atoms with Gasteiger partial charge >= 0.3 is 0 Å². The summed E-state index contributed by atoms with van der Waals surface area (Å²) < 4.78 is 0. The number of carbonyl (C=O) groups excluding carboxylic acids is 2. The molecular formula is C6H8O2S. The maximum Gasteiger partial charge on any atom is 0.153 e. The van der Waals surface area contributed by atoms with Crippen molar-refractivity contribution in [3.63, 3.8) is 0 Å². The maximum absolute atomic E-state index is 10.8. The van der Waals surface area contributed by atoms with E-state index in [1.54, 1.807) is 0 Å². The summed E-state index contributed by atoms with van der Waals surface area (Å²) in [7, 11) is 0. The summed E-state index contributed by atoms with van der Waals surface area (Å²) in [6.07, 6.45) is 2.27. The average molecular weight is 144 g/mol. The summed E-state index contributed by atoms with van der Waals surface area (Å²) in [6.45, 7) is 0. The zero-order valence-corrected chi connectivity index (χ0v) is 5.82. The van der Waals surface area contributed by atoms with E-state index in [0.29, 0.717) is 6.42 Å². The van der Waals surface area contributed by atoms with Crippen LogP contribution in [0.1, 0.15) is 12.8 Å². The largest absolute Gasteiger partial charge is 0.302 e. The number of rotatable bonds is 1. The first-order chi connectivity index (χ1) is 4.34. The topological polar surface area (TPSA) is 34.1 Å². The van der Waals surface area contributed by atoms with E-state index in [2.05, 4.69) is 0 Å². The lowest BCUT2D eigenvalue weighted by atomic mass is 10.2. The lowest BCUT2D eigenvalue weighted by Gasteiger charge is -2.13. The summed E-state index contributed by atoms with van der Waals surface area (Å²) in [5.41, 5.74) is 0. The normalized spacial score (nSPS) is 28.0. The van der Waals surface area contributed by atoms with Gasteiger partial charge in [-0.25, -0.2) is 0 Å². The highest BCUT2D eigenvalue weighted by Gasteiger charge is 2.21. The lowest BCUT2D eigenvalue weighted by Crippen LogP contribution is -2.23. The molecule has 0 radical (unpaired) electrons. The molecule has 9 heavy (non-hydrogen) atoms. The van der Waals surface area contributed by atoms with Crippen molar-refractivity contribution in [2.75, 3.05) is 5.75 Å². The van der Waals surface area contributed by atoms with E-state index in [-0.39, 0.29) is 11.0 Å². The van der Waals surface area contributed by atoms with Gasteiger partial charge < -0.3 is 4.79 Å². The van der Waals surface area contributed by atoms with Crippen molar-refractivity contribution in [1.29, 1.82) is 0 Å². The lowest BCUT2D eigenvalue weighted by molar-refractivity contribution is -0.121. The minimum atomic E-state index is -0.348. The fraction of sp³-hybridized carbons (Fsp3) is 0.667. The minimum Gasteiger partial charge on any atom is -0.302 e. The molecule has 1 saturated heterocycles. The molecule has 0 N–H and O–H groups in total. The van der Waals surface area contributed by atoms with Crippen LogP contribution in [0.4, 0.5) is 0 Å². The van der Waals surface area contributed by atoms with Crippen LogP contribution >= 0.6 is 11.8 Å². The highest BCUT2D eigenvalue weighted by atomic mass is 32.2. The summed E-state index contributed by atoms with van der Waals surface area (Å²) in [6, 6.07) is 0. The Bertz CT molecular complexity index is 133. The molecule has 1 unspecified atom stereocenters. The predicted octanol–water partition coefficient (Wildman–Crippen LogP) is 0.650. The summed E-state index contributed by atoms with van der Waals surface area (Å²) >= 11 is 1.45. The summed E-state index contributed by atoms with van der Waals surface area (Å²) in [5, 5.41) is -0.348. The van der Waals surface area contributed by atoms with E-state index in [9.17, 15) is 9.59 Å². The highest BCUT2D eigenvalue weighted by molar-refractivity contribution is 8.01. The quantitative estimate of drug-likeness (QED) is 0.400. The van der Waals surface area contributed by atoms with Gasteiger partial charge in [0, 0.05) is 6.42 Å². The van der Waals surface area contributed by atoms with Crippen LogP contribution in [-0.2, 0) is 9.59 Å². The Morgan fingerprint density at radius 2 is 2.44 bits per heavy atom. The molecule has 0 saturated carbocycles. The monoisotopic (exact) mass is 144 g/mol. The Morgan fingerprint density at radius 1 is 1.67 bits per heavy atom. The SMILES string of the molecule is O=CC1SCCCC1=O. The zero-order valence-electron chi connectivity index (χ0n) is 5.00. The van der Waals surface area contributed by atoms with Crippen molar-refractivity contribution in [1.82, 2.24) is 0 Å². The van der Waals surface area contributed by atoms with Gasteiger partial charge in [0.2, 0.25) is 0 Å². The molecule has 1 aliphatic rings. The summed E-state index contributed by atoms with van der Waals surface area (Å²) in [5.74, 6) is 1.05. The molecule has 0 aliphatic carbocycles. The molecule has 1 atom stereocenters. The molecule has 0 aromatic heterocycles. The zero-order chi connectivity index (χ0) is 6.69. The number of hydrogen-bond donors (Lipinski definition) is 0. The van der Waals surface area contributed by atoms with E-state index in [4.69, 9.17) is 0 Å². The molecule has 3 heteroatoms. The van der Waals surface area contributed by atoms with Gasteiger partial charge in [0.25, 0.3) is 0 Å². The van der Waals surface area contributed by atoms with Crippen molar-refractivity contribution >= 4 is 23.8 Å². The molecule has 50 valence electrons. The first kappa shape index (κ1) is 6.81. The number of ketones is 1.